The summed E-state index contributed by atoms with van der Waals surface area (Å²) in [6.45, 7) is 2.39. The van der Waals surface area contributed by atoms with Crippen molar-refractivity contribution in [3.8, 4) is 5.75 Å². The molecule has 7 nitrogen and oxygen atoms in total. The van der Waals surface area contributed by atoms with Crippen LogP contribution in [0, 0.1) is 10.1 Å². The van der Waals surface area contributed by atoms with Crippen LogP contribution in [0.25, 0.3) is 0 Å². The van der Waals surface area contributed by atoms with Gasteiger partial charge in [0, 0.05) is 11.8 Å². The van der Waals surface area contributed by atoms with E-state index in [9.17, 15) is 14.9 Å². The molecule has 2 aromatic rings. The first-order valence-corrected chi connectivity index (χ1v) is 7.23. The predicted octanol–water partition coefficient (Wildman–Crippen LogP) is 3.68. The highest BCUT2D eigenvalue weighted by molar-refractivity contribution is 6.29. The molecule has 120 valence electrons. The Labute approximate surface area is 137 Å². The molecule has 0 radical (unpaired) electrons. The van der Waals surface area contributed by atoms with Crippen molar-refractivity contribution in [3.63, 3.8) is 0 Å². The standard InChI is InChI=1S/C15H14ClN3O4/c1-2-7-23-11-3-4-12(13(9-11)19(21)22)18-15(20)10-5-6-17-14(16)8-10/h3-6,8-9H,2,7H2,1H3,(H,18,20). The number of hydrogen-bond acceptors (Lipinski definition) is 5. The number of nitrogens with zero attached hydrogens (tertiary/aromatic N) is 2. The molecule has 1 aromatic carbocycles. The third kappa shape index (κ3) is 4.40. The Morgan fingerprint density at radius 1 is 1.39 bits per heavy atom. The van der Waals surface area contributed by atoms with Crippen molar-refractivity contribution in [2.24, 2.45) is 0 Å². The van der Waals surface area contributed by atoms with Crippen LogP contribution in [0.2, 0.25) is 5.15 Å². The minimum absolute atomic E-state index is 0.0804. The number of pyridine rings is 1. The van der Waals surface area contributed by atoms with Crippen LogP contribution in [0.3, 0.4) is 0 Å². The number of benzene rings is 1. The van der Waals surface area contributed by atoms with Gasteiger partial charge >= 0.3 is 0 Å². The lowest BCUT2D eigenvalue weighted by Gasteiger charge is -2.09. The number of carbonyl (C=O) groups excluding carboxylic acids is 1. The van der Waals surface area contributed by atoms with E-state index in [1.807, 2.05) is 6.92 Å². The van der Waals surface area contributed by atoms with E-state index in [4.69, 9.17) is 16.3 Å². The molecule has 0 bridgehead atoms. The summed E-state index contributed by atoms with van der Waals surface area (Å²) in [4.78, 5) is 26.5. The minimum Gasteiger partial charge on any atom is -0.493 e. The summed E-state index contributed by atoms with van der Waals surface area (Å²) in [5, 5.41) is 13.8. The molecule has 1 heterocycles. The van der Waals surface area contributed by atoms with Crippen molar-refractivity contribution in [1.29, 1.82) is 0 Å². The largest absolute Gasteiger partial charge is 0.493 e. The molecule has 0 spiro atoms. The summed E-state index contributed by atoms with van der Waals surface area (Å²) >= 11 is 5.73. The quantitative estimate of drug-likeness (QED) is 0.493. The number of nitrogens with one attached hydrogen (secondary N) is 1. The summed E-state index contributed by atoms with van der Waals surface area (Å²) in [5.41, 5.74) is 0.0921. The van der Waals surface area contributed by atoms with E-state index in [-0.39, 0.29) is 22.1 Å². The van der Waals surface area contributed by atoms with Gasteiger partial charge in [-0.2, -0.15) is 0 Å². The van der Waals surface area contributed by atoms with Crippen molar-refractivity contribution in [2.45, 2.75) is 13.3 Å². The van der Waals surface area contributed by atoms with Crippen LogP contribution in [0.5, 0.6) is 5.75 Å². The smallest absolute Gasteiger partial charge is 0.296 e. The van der Waals surface area contributed by atoms with Gasteiger partial charge in [-0.25, -0.2) is 4.98 Å². The number of aromatic nitrogens is 1. The van der Waals surface area contributed by atoms with Crippen LogP contribution in [0.15, 0.2) is 36.5 Å². The first kappa shape index (κ1) is 16.7. The molecule has 1 aromatic heterocycles. The monoisotopic (exact) mass is 335 g/mol. The van der Waals surface area contributed by atoms with Gasteiger partial charge in [-0.05, 0) is 30.7 Å². The van der Waals surface area contributed by atoms with Crippen LogP contribution in [0.4, 0.5) is 11.4 Å². The molecule has 0 saturated carbocycles. The van der Waals surface area contributed by atoms with Crippen molar-refractivity contribution in [1.82, 2.24) is 4.98 Å². The first-order valence-electron chi connectivity index (χ1n) is 6.85. The van der Waals surface area contributed by atoms with Crippen LogP contribution >= 0.6 is 11.6 Å². The molecule has 0 atom stereocenters. The molecule has 23 heavy (non-hydrogen) atoms. The maximum atomic E-state index is 12.1. The highest BCUT2D eigenvalue weighted by Gasteiger charge is 2.18. The number of carbonyl (C=O) groups is 1. The van der Waals surface area contributed by atoms with E-state index in [2.05, 4.69) is 10.3 Å². The highest BCUT2D eigenvalue weighted by Crippen LogP contribution is 2.29. The molecule has 0 aliphatic rings. The average molecular weight is 336 g/mol. The number of nitro benzene ring substituents is 1. The fourth-order valence-electron chi connectivity index (χ4n) is 1.82. The van der Waals surface area contributed by atoms with Gasteiger partial charge in [-0.15, -0.1) is 0 Å². The first-order chi connectivity index (χ1) is 11.0. The molecular formula is C15H14ClN3O4. The average Bonchev–Trinajstić information content (AvgIpc) is 2.53. The molecule has 0 fully saturated rings. The zero-order valence-corrected chi connectivity index (χ0v) is 13.0. The van der Waals surface area contributed by atoms with E-state index in [1.165, 1.54) is 30.5 Å². The van der Waals surface area contributed by atoms with Gasteiger partial charge in [-0.3, -0.25) is 14.9 Å². The molecule has 0 unspecified atom stereocenters. The van der Waals surface area contributed by atoms with Gasteiger partial charge in [-0.1, -0.05) is 18.5 Å². The summed E-state index contributed by atoms with van der Waals surface area (Å²) in [6, 6.07) is 7.12. The predicted molar refractivity (Wildman–Crippen MR) is 86.1 cm³/mol. The normalized spacial score (nSPS) is 10.2. The zero-order valence-electron chi connectivity index (χ0n) is 12.3. The Hall–Kier alpha value is -2.67. The summed E-state index contributed by atoms with van der Waals surface area (Å²) in [5.74, 6) is -0.136. The molecule has 1 N–H and O–H groups in total. The molecule has 0 aliphatic heterocycles. The van der Waals surface area contributed by atoms with Crippen molar-refractivity contribution in [2.75, 3.05) is 11.9 Å². The maximum absolute atomic E-state index is 12.1. The van der Waals surface area contributed by atoms with E-state index < -0.39 is 10.8 Å². The van der Waals surface area contributed by atoms with Gasteiger partial charge in [0.2, 0.25) is 0 Å². The van der Waals surface area contributed by atoms with E-state index >= 15 is 0 Å². The van der Waals surface area contributed by atoms with Gasteiger partial charge in [0.1, 0.15) is 16.6 Å². The maximum Gasteiger partial charge on any atom is 0.296 e. The second-order valence-electron chi connectivity index (χ2n) is 4.61. The number of rotatable bonds is 6. The number of hydrogen-bond donors (Lipinski definition) is 1. The second-order valence-corrected chi connectivity index (χ2v) is 4.99. The van der Waals surface area contributed by atoms with Crippen molar-refractivity contribution >= 4 is 28.9 Å². The number of ether oxygens (including phenoxy) is 1. The fraction of sp³-hybridized carbons (Fsp3) is 0.200. The summed E-state index contributed by atoms with van der Waals surface area (Å²) in [7, 11) is 0. The van der Waals surface area contributed by atoms with Gasteiger partial charge < -0.3 is 10.1 Å². The van der Waals surface area contributed by atoms with Crippen LogP contribution in [-0.2, 0) is 0 Å². The minimum atomic E-state index is -0.575. The third-order valence-corrected chi connectivity index (χ3v) is 3.08. The van der Waals surface area contributed by atoms with Gasteiger partial charge in [0.25, 0.3) is 11.6 Å². The van der Waals surface area contributed by atoms with Gasteiger partial charge in [0.15, 0.2) is 0 Å². The van der Waals surface area contributed by atoms with Crippen molar-refractivity contribution in [3.05, 3.63) is 57.4 Å². The Kier molecular flexibility index (Phi) is 5.48. The second kappa shape index (κ2) is 7.55. The number of anilines is 1. The molecular weight excluding hydrogens is 322 g/mol. The number of halogens is 1. The highest BCUT2D eigenvalue weighted by atomic mass is 35.5. The topological polar surface area (TPSA) is 94.4 Å². The fourth-order valence-corrected chi connectivity index (χ4v) is 1.99. The molecule has 8 heteroatoms. The summed E-state index contributed by atoms with van der Waals surface area (Å²) < 4.78 is 5.36. The lowest BCUT2D eigenvalue weighted by molar-refractivity contribution is -0.384. The van der Waals surface area contributed by atoms with Crippen LogP contribution < -0.4 is 10.1 Å². The Morgan fingerprint density at radius 2 is 2.17 bits per heavy atom. The lowest BCUT2D eigenvalue weighted by Crippen LogP contribution is -2.13. The third-order valence-electron chi connectivity index (χ3n) is 2.88. The Balaban J connectivity index is 2.24. The molecule has 2 rings (SSSR count). The number of nitro groups is 1. The van der Waals surface area contributed by atoms with Gasteiger partial charge in [0.05, 0.1) is 17.6 Å². The van der Waals surface area contributed by atoms with E-state index in [0.717, 1.165) is 6.42 Å². The van der Waals surface area contributed by atoms with Crippen molar-refractivity contribution < 1.29 is 14.5 Å². The Morgan fingerprint density at radius 3 is 2.83 bits per heavy atom. The molecule has 0 aliphatic carbocycles. The SMILES string of the molecule is CCCOc1ccc(NC(=O)c2ccnc(Cl)c2)c([N+](=O)[O-])c1. The van der Waals surface area contributed by atoms with E-state index in [0.29, 0.717) is 12.4 Å². The van der Waals surface area contributed by atoms with E-state index in [1.54, 1.807) is 6.07 Å². The van der Waals surface area contributed by atoms with Crippen LogP contribution in [-0.4, -0.2) is 22.4 Å². The molecule has 0 saturated heterocycles. The summed E-state index contributed by atoms with van der Waals surface area (Å²) in [6.07, 6.45) is 2.17. The Bertz CT molecular complexity index is 736. The zero-order chi connectivity index (χ0) is 16.8. The lowest BCUT2D eigenvalue weighted by atomic mass is 10.2. The molecule has 1 amide bonds. The van der Waals surface area contributed by atoms with Crippen LogP contribution in [0.1, 0.15) is 23.7 Å². The number of amides is 1.